The third kappa shape index (κ3) is 2.97. The van der Waals surface area contributed by atoms with Crippen LogP contribution in [0.2, 0.25) is 0 Å². The molecular formula is C25H22N2O2S. The van der Waals surface area contributed by atoms with Crippen molar-refractivity contribution in [3.63, 3.8) is 0 Å². The molecule has 0 unspecified atom stereocenters. The highest BCUT2D eigenvalue weighted by Gasteiger charge is 2.43. The van der Waals surface area contributed by atoms with E-state index in [1.807, 2.05) is 55.6 Å². The molecule has 4 nitrogen and oxygen atoms in total. The van der Waals surface area contributed by atoms with Crippen LogP contribution in [0, 0.1) is 13.8 Å². The number of hydrogen-bond donors (Lipinski definition) is 0. The molecule has 3 heterocycles. The van der Waals surface area contributed by atoms with E-state index in [2.05, 4.69) is 23.1 Å². The van der Waals surface area contributed by atoms with Crippen LogP contribution in [0.5, 0.6) is 0 Å². The van der Waals surface area contributed by atoms with Gasteiger partial charge in [-0.25, -0.2) is 4.90 Å². The van der Waals surface area contributed by atoms with Crippen LogP contribution in [0.15, 0.2) is 65.7 Å². The first-order valence-electron chi connectivity index (χ1n) is 10.1. The van der Waals surface area contributed by atoms with Crippen LogP contribution in [0.3, 0.4) is 0 Å². The molecule has 150 valence electrons. The fourth-order valence-corrected chi connectivity index (χ4v) is 5.18. The molecular weight excluding hydrogens is 392 g/mol. The number of carbonyl (C=O) groups excluding carboxylic acids is 2. The molecule has 0 fully saturated rings. The zero-order chi connectivity index (χ0) is 20.8. The lowest BCUT2D eigenvalue weighted by molar-refractivity contribution is -0.120. The lowest BCUT2D eigenvalue weighted by Crippen LogP contribution is -2.37. The number of nitrogens with zero attached hydrogens (tertiary/aromatic N) is 2. The second-order valence-electron chi connectivity index (χ2n) is 7.88. The molecule has 0 N–H and O–H groups in total. The number of aryl methyl sites for hydroxylation is 2. The number of hydrogen-bond acceptors (Lipinski definition) is 4. The van der Waals surface area contributed by atoms with E-state index in [1.165, 1.54) is 27.4 Å². The van der Waals surface area contributed by atoms with Crippen molar-refractivity contribution in [2.24, 2.45) is 0 Å². The summed E-state index contributed by atoms with van der Waals surface area (Å²) in [5.41, 5.74) is 6.27. The summed E-state index contributed by atoms with van der Waals surface area (Å²) in [7, 11) is 0. The first kappa shape index (κ1) is 18.8. The maximum absolute atomic E-state index is 13.7. The summed E-state index contributed by atoms with van der Waals surface area (Å²) in [6, 6.07) is 18.0. The minimum absolute atomic E-state index is 0.227. The Hall–Kier alpha value is -3.18. The van der Waals surface area contributed by atoms with Gasteiger partial charge in [0.15, 0.2) is 0 Å². The van der Waals surface area contributed by atoms with E-state index in [0.717, 1.165) is 29.0 Å². The van der Waals surface area contributed by atoms with Crippen molar-refractivity contribution in [3.05, 3.63) is 92.8 Å². The van der Waals surface area contributed by atoms with Gasteiger partial charge in [0.2, 0.25) is 0 Å². The highest BCUT2D eigenvalue weighted by atomic mass is 32.1. The molecule has 5 heteroatoms. The molecule has 0 saturated heterocycles. The predicted molar refractivity (Wildman–Crippen MR) is 120 cm³/mol. The fourth-order valence-electron chi connectivity index (χ4n) is 4.42. The smallest absolute Gasteiger partial charge is 0.282 e. The molecule has 0 atom stereocenters. The van der Waals surface area contributed by atoms with Gasteiger partial charge in [0, 0.05) is 18.0 Å². The van der Waals surface area contributed by atoms with Crippen molar-refractivity contribution in [1.82, 2.24) is 4.90 Å². The van der Waals surface area contributed by atoms with Gasteiger partial charge in [-0.2, -0.15) is 0 Å². The van der Waals surface area contributed by atoms with E-state index in [1.54, 1.807) is 0 Å². The average molecular weight is 415 g/mol. The van der Waals surface area contributed by atoms with Crippen molar-refractivity contribution in [2.45, 2.75) is 26.8 Å². The molecule has 2 aliphatic heterocycles. The second-order valence-corrected chi connectivity index (χ2v) is 8.82. The first-order chi connectivity index (χ1) is 14.5. The maximum atomic E-state index is 13.7. The standard InChI is InChI=1S/C25H22N2O2S/c1-16-9-10-20(17(2)14-16)27-24(28)22(21-8-5-13-30-21)23(25(27)29)26-12-11-18-6-3-4-7-19(18)15-26/h3-10,13-14H,11-12,15H2,1-2H3. The summed E-state index contributed by atoms with van der Waals surface area (Å²) in [6.45, 7) is 5.32. The molecule has 2 aromatic carbocycles. The summed E-state index contributed by atoms with van der Waals surface area (Å²) >= 11 is 1.50. The highest BCUT2D eigenvalue weighted by Crippen LogP contribution is 2.39. The number of carbonyl (C=O) groups is 2. The van der Waals surface area contributed by atoms with Crippen LogP contribution in [-0.4, -0.2) is 23.3 Å². The SMILES string of the molecule is Cc1ccc(N2C(=O)C(c3cccs3)=C(N3CCc4ccccc4C3)C2=O)c(C)c1. The van der Waals surface area contributed by atoms with Crippen LogP contribution in [-0.2, 0) is 22.6 Å². The monoisotopic (exact) mass is 414 g/mol. The van der Waals surface area contributed by atoms with Crippen LogP contribution in [0.25, 0.3) is 5.57 Å². The largest absolute Gasteiger partial charge is 0.362 e. The van der Waals surface area contributed by atoms with Gasteiger partial charge in [0.05, 0.1) is 11.3 Å². The highest BCUT2D eigenvalue weighted by molar-refractivity contribution is 7.11. The molecule has 0 radical (unpaired) electrons. The molecule has 3 aromatic rings. The van der Waals surface area contributed by atoms with Crippen LogP contribution < -0.4 is 4.90 Å². The van der Waals surface area contributed by atoms with Gasteiger partial charge in [-0.3, -0.25) is 9.59 Å². The van der Waals surface area contributed by atoms with Gasteiger partial charge in [-0.15, -0.1) is 11.3 Å². The number of amides is 2. The van der Waals surface area contributed by atoms with E-state index in [0.29, 0.717) is 23.5 Å². The number of imide groups is 1. The number of benzene rings is 2. The number of fused-ring (bicyclic) bond motifs is 1. The lowest BCUT2D eigenvalue weighted by atomic mass is 9.99. The number of thiophene rings is 1. The van der Waals surface area contributed by atoms with E-state index < -0.39 is 0 Å². The molecule has 1 aromatic heterocycles. The Morgan fingerprint density at radius 1 is 0.900 bits per heavy atom. The Labute approximate surface area is 180 Å². The normalized spacial score (nSPS) is 16.5. The molecule has 2 aliphatic rings. The van der Waals surface area contributed by atoms with Gasteiger partial charge >= 0.3 is 0 Å². The third-order valence-corrected chi connectivity index (χ3v) is 6.75. The van der Waals surface area contributed by atoms with Crippen LogP contribution in [0.1, 0.15) is 27.1 Å². The molecule has 0 aliphatic carbocycles. The van der Waals surface area contributed by atoms with Crippen molar-refractivity contribution >= 4 is 34.4 Å². The fraction of sp³-hybridized carbons (Fsp3) is 0.200. The zero-order valence-electron chi connectivity index (χ0n) is 17.0. The lowest BCUT2D eigenvalue weighted by Gasteiger charge is -2.31. The Morgan fingerprint density at radius 2 is 1.70 bits per heavy atom. The van der Waals surface area contributed by atoms with E-state index in [-0.39, 0.29) is 11.8 Å². The van der Waals surface area contributed by atoms with Gasteiger partial charge in [0.25, 0.3) is 11.8 Å². The predicted octanol–water partition coefficient (Wildman–Crippen LogP) is 4.71. The van der Waals surface area contributed by atoms with Crippen molar-refractivity contribution in [1.29, 1.82) is 0 Å². The Morgan fingerprint density at radius 3 is 2.43 bits per heavy atom. The van der Waals surface area contributed by atoms with E-state index in [4.69, 9.17) is 0 Å². The van der Waals surface area contributed by atoms with Crippen molar-refractivity contribution in [2.75, 3.05) is 11.4 Å². The number of rotatable bonds is 3. The first-order valence-corrected chi connectivity index (χ1v) is 11.0. The second kappa shape index (κ2) is 7.26. The van der Waals surface area contributed by atoms with E-state index in [9.17, 15) is 9.59 Å². The molecule has 0 spiro atoms. The van der Waals surface area contributed by atoms with Gasteiger partial charge in [0.1, 0.15) is 5.70 Å². The van der Waals surface area contributed by atoms with Crippen LogP contribution in [0.4, 0.5) is 5.69 Å². The average Bonchev–Trinajstić information content (AvgIpc) is 3.35. The summed E-state index contributed by atoms with van der Waals surface area (Å²) < 4.78 is 0. The Balaban J connectivity index is 1.61. The molecule has 2 amide bonds. The Bertz CT molecular complexity index is 1190. The quantitative estimate of drug-likeness (QED) is 0.583. The summed E-state index contributed by atoms with van der Waals surface area (Å²) in [5, 5.41) is 1.95. The van der Waals surface area contributed by atoms with Gasteiger partial charge < -0.3 is 4.90 Å². The van der Waals surface area contributed by atoms with Crippen LogP contribution >= 0.6 is 11.3 Å². The molecule has 0 bridgehead atoms. The minimum Gasteiger partial charge on any atom is -0.362 e. The summed E-state index contributed by atoms with van der Waals surface area (Å²) in [5.74, 6) is -0.460. The summed E-state index contributed by atoms with van der Waals surface area (Å²) in [6.07, 6.45) is 0.864. The Kier molecular flexibility index (Phi) is 4.55. The molecule has 5 rings (SSSR count). The van der Waals surface area contributed by atoms with E-state index >= 15 is 0 Å². The van der Waals surface area contributed by atoms with Gasteiger partial charge in [-0.05, 0) is 54.5 Å². The van der Waals surface area contributed by atoms with Crippen molar-refractivity contribution < 1.29 is 9.59 Å². The van der Waals surface area contributed by atoms with Crippen molar-refractivity contribution in [3.8, 4) is 0 Å². The van der Waals surface area contributed by atoms with Gasteiger partial charge in [-0.1, -0.05) is 48.0 Å². The molecule has 30 heavy (non-hydrogen) atoms. The number of anilines is 1. The zero-order valence-corrected chi connectivity index (χ0v) is 17.8. The summed E-state index contributed by atoms with van der Waals surface area (Å²) in [4.78, 5) is 31.5. The molecule has 0 saturated carbocycles. The maximum Gasteiger partial charge on any atom is 0.282 e. The minimum atomic E-state index is -0.233. The third-order valence-electron chi connectivity index (χ3n) is 5.87. The topological polar surface area (TPSA) is 40.6 Å².